The third kappa shape index (κ3) is 2.85. The average Bonchev–Trinajstić information content (AvgIpc) is 2.44. The molecule has 0 saturated heterocycles. The Kier molecular flexibility index (Phi) is 4.39. The maximum absolute atomic E-state index is 12.3. The van der Waals surface area contributed by atoms with Crippen molar-refractivity contribution in [3.63, 3.8) is 0 Å². The van der Waals surface area contributed by atoms with Crippen LogP contribution >= 0.6 is 0 Å². The zero-order chi connectivity index (χ0) is 16.4. The number of benzene rings is 1. The maximum Gasteiger partial charge on any atom is 0.335 e. The second-order valence-electron chi connectivity index (χ2n) is 6.53. The molecule has 2 aliphatic carbocycles. The molecule has 0 radical (unpaired) electrons. The molecule has 5 nitrogen and oxygen atoms in total. The smallest absolute Gasteiger partial charge is 0.335 e. The number of aromatic carboxylic acids is 1. The summed E-state index contributed by atoms with van der Waals surface area (Å²) in [5, 5.41) is 12.3. The average molecular weight is 317 g/mol. The summed E-state index contributed by atoms with van der Waals surface area (Å²) in [7, 11) is 0. The Bertz CT molecular complexity index is 609. The summed E-state index contributed by atoms with van der Waals surface area (Å²) < 4.78 is 5.79. The zero-order valence-corrected chi connectivity index (χ0v) is 13.4. The van der Waals surface area contributed by atoms with E-state index in [1.54, 1.807) is 18.2 Å². The van der Waals surface area contributed by atoms with Crippen LogP contribution in [0.1, 0.15) is 48.5 Å². The molecule has 0 bridgehead atoms. The molecule has 3 rings (SSSR count). The van der Waals surface area contributed by atoms with Crippen LogP contribution < -0.4 is 5.32 Å². The Balaban J connectivity index is 1.62. The van der Waals surface area contributed by atoms with Gasteiger partial charge in [-0.3, -0.25) is 4.79 Å². The Morgan fingerprint density at radius 2 is 2.09 bits per heavy atom. The predicted octanol–water partition coefficient (Wildman–Crippen LogP) is 2.39. The highest BCUT2D eigenvalue weighted by Gasteiger charge is 2.59. The number of ether oxygens (including phenoxy) is 1. The lowest BCUT2D eigenvalue weighted by molar-refractivity contribution is -0.175. The highest BCUT2D eigenvalue weighted by atomic mass is 16.5. The van der Waals surface area contributed by atoms with E-state index in [9.17, 15) is 14.7 Å². The van der Waals surface area contributed by atoms with Crippen LogP contribution in [-0.4, -0.2) is 35.7 Å². The van der Waals surface area contributed by atoms with Crippen molar-refractivity contribution in [3.8, 4) is 0 Å². The highest BCUT2D eigenvalue weighted by molar-refractivity contribution is 5.91. The van der Waals surface area contributed by atoms with E-state index in [4.69, 9.17) is 4.74 Å². The second-order valence-corrected chi connectivity index (χ2v) is 6.53. The molecule has 0 aliphatic heterocycles. The number of carbonyl (C=O) groups is 2. The van der Waals surface area contributed by atoms with Crippen molar-refractivity contribution in [3.05, 3.63) is 35.4 Å². The minimum Gasteiger partial charge on any atom is -0.478 e. The third-order valence-corrected chi connectivity index (χ3v) is 5.37. The minimum atomic E-state index is -0.996. The fourth-order valence-corrected chi connectivity index (χ4v) is 3.94. The topological polar surface area (TPSA) is 75.6 Å². The van der Waals surface area contributed by atoms with Gasteiger partial charge in [0.1, 0.15) is 0 Å². The first kappa shape index (κ1) is 16.0. The first-order valence-electron chi connectivity index (χ1n) is 8.29. The second kappa shape index (κ2) is 6.32. The fraction of sp³-hybridized carbons (Fsp3) is 0.556. The van der Waals surface area contributed by atoms with E-state index < -0.39 is 5.97 Å². The van der Waals surface area contributed by atoms with Gasteiger partial charge in [-0.15, -0.1) is 0 Å². The van der Waals surface area contributed by atoms with Gasteiger partial charge in [0.2, 0.25) is 5.91 Å². The van der Waals surface area contributed by atoms with Gasteiger partial charge in [0.05, 0.1) is 18.1 Å². The molecule has 1 amide bonds. The Morgan fingerprint density at radius 1 is 1.35 bits per heavy atom. The molecule has 2 unspecified atom stereocenters. The number of rotatable bonds is 6. The molecule has 2 N–H and O–H groups in total. The van der Waals surface area contributed by atoms with E-state index in [1.165, 1.54) is 12.5 Å². The number of carboxylic acid groups (broad SMARTS) is 1. The molecular formula is C18H23NO4. The monoisotopic (exact) mass is 317 g/mol. The van der Waals surface area contributed by atoms with Crippen molar-refractivity contribution in [2.75, 3.05) is 6.61 Å². The molecule has 23 heavy (non-hydrogen) atoms. The largest absolute Gasteiger partial charge is 0.478 e. The molecule has 0 aromatic heterocycles. The van der Waals surface area contributed by atoms with Gasteiger partial charge < -0.3 is 15.2 Å². The number of hydrogen-bond acceptors (Lipinski definition) is 3. The van der Waals surface area contributed by atoms with Gasteiger partial charge in [0, 0.05) is 18.1 Å². The third-order valence-electron chi connectivity index (χ3n) is 5.37. The lowest BCUT2D eigenvalue weighted by Crippen LogP contribution is -2.67. The fourth-order valence-electron chi connectivity index (χ4n) is 3.94. The summed E-state index contributed by atoms with van der Waals surface area (Å²) in [5.41, 5.74) is 0.875. The summed E-state index contributed by atoms with van der Waals surface area (Å²) in [6.45, 7) is 2.71. The summed E-state index contributed by atoms with van der Waals surface area (Å²) >= 11 is 0. The van der Waals surface area contributed by atoms with Crippen LogP contribution in [0.15, 0.2) is 24.3 Å². The number of nitrogens with one attached hydrogen (secondary N) is 1. The van der Waals surface area contributed by atoms with Crippen LogP contribution in [0.25, 0.3) is 0 Å². The molecule has 2 saturated carbocycles. The van der Waals surface area contributed by atoms with Crippen molar-refractivity contribution in [2.24, 2.45) is 5.41 Å². The zero-order valence-electron chi connectivity index (χ0n) is 13.4. The molecule has 1 aromatic carbocycles. The van der Waals surface area contributed by atoms with Crippen LogP contribution in [0, 0.1) is 5.41 Å². The molecule has 0 heterocycles. The summed E-state index contributed by atoms with van der Waals surface area (Å²) in [4.78, 5) is 23.6. The van der Waals surface area contributed by atoms with Gasteiger partial charge in [0.15, 0.2) is 0 Å². The SMILES string of the molecule is CCOC1CC(NC(=O)Cc2ccccc2C(=O)O)C12CCC2. The van der Waals surface area contributed by atoms with Crippen LogP contribution in [-0.2, 0) is 16.0 Å². The first-order chi connectivity index (χ1) is 11.1. The van der Waals surface area contributed by atoms with E-state index in [-0.39, 0.29) is 35.5 Å². The van der Waals surface area contributed by atoms with Crippen molar-refractivity contribution < 1.29 is 19.4 Å². The van der Waals surface area contributed by atoms with Crippen molar-refractivity contribution in [1.29, 1.82) is 0 Å². The first-order valence-corrected chi connectivity index (χ1v) is 8.29. The number of hydrogen-bond donors (Lipinski definition) is 2. The van der Waals surface area contributed by atoms with Crippen LogP contribution in [0.4, 0.5) is 0 Å². The number of amides is 1. The van der Waals surface area contributed by atoms with Gasteiger partial charge >= 0.3 is 5.97 Å². The van der Waals surface area contributed by atoms with Crippen LogP contribution in [0.2, 0.25) is 0 Å². The van der Waals surface area contributed by atoms with Gasteiger partial charge in [-0.2, -0.15) is 0 Å². The molecule has 1 aromatic rings. The molecule has 5 heteroatoms. The molecular weight excluding hydrogens is 294 g/mol. The normalized spacial score (nSPS) is 24.6. The highest BCUT2D eigenvalue weighted by Crippen LogP contribution is 2.57. The molecule has 2 aliphatic rings. The predicted molar refractivity (Wildman–Crippen MR) is 85.4 cm³/mol. The Labute approximate surface area is 136 Å². The van der Waals surface area contributed by atoms with E-state index in [2.05, 4.69) is 5.32 Å². The standard InChI is InChI=1S/C18H23NO4/c1-2-23-15-11-14(18(15)8-5-9-18)19-16(20)10-12-6-3-4-7-13(12)17(21)22/h3-4,6-7,14-15H,2,5,8-11H2,1H3,(H,19,20)(H,21,22). The number of carbonyl (C=O) groups excluding carboxylic acids is 1. The van der Waals surface area contributed by atoms with Gasteiger partial charge in [-0.1, -0.05) is 24.6 Å². The van der Waals surface area contributed by atoms with Gasteiger partial charge in [0.25, 0.3) is 0 Å². The van der Waals surface area contributed by atoms with Crippen LogP contribution in [0.5, 0.6) is 0 Å². The van der Waals surface area contributed by atoms with Crippen molar-refractivity contribution >= 4 is 11.9 Å². The van der Waals surface area contributed by atoms with E-state index in [1.807, 2.05) is 6.92 Å². The number of carboxylic acids is 1. The molecule has 124 valence electrons. The lowest BCUT2D eigenvalue weighted by Gasteiger charge is -2.61. The summed E-state index contributed by atoms with van der Waals surface area (Å²) in [5.74, 6) is -1.10. The van der Waals surface area contributed by atoms with Gasteiger partial charge in [-0.05, 0) is 37.8 Å². The quantitative estimate of drug-likeness (QED) is 0.845. The lowest BCUT2D eigenvalue weighted by atomic mass is 9.51. The maximum atomic E-state index is 12.3. The molecule has 2 fully saturated rings. The van der Waals surface area contributed by atoms with Crippen LogP contribution in [0.3, 0.4) is 0 Å². The van der Waals surface area contributed by atoms with E-state index in [0.29, 0.717) is 12.2 Å². The minimum absolute atomic E-state index is 0.106. The molecule has 2 atom stereocenters. The van der Waals surface area contributed by atoms with Crippen molar-refractivity contribution in [1.82, 2.24) is 5.32 Å². The van der Waals surface area contributed by atoms with Gasteiger partial charge in [-0.25, -0.2) is 4.79 Å². The summed E-state index contributed by atoms with van der Waals surface area (Å²) in [6, 6.07) is 6.83. The Hall–Kier alpha value is -1.88. The van der Waals surface area contributed by atoms with E-state index in [0.717, 1.165) is 19.3 Å². The van der Waals surface area contributed by atoms with E-state index >= 15 is 0 Å². The molecule has 1 spiro atoms. The Morgan fingerprint density at radius 3 is 2.70 bits per heavy atom. The summed E-state index contributed by atoms with van der Waals surface area (Å²) in [6.07, 6.45) is 4.63. The van der Waals surface area contributed by atoms with Crippen molar-refractivity contribution in [2.45, 2.75) is 51.2 Å².